The van der Waals surface area contributed by atoms with E-state index < -0.39 is 0 Å². The minimum Gasteiger partial charge on any atom is -0.493 e. The van der Waals surface area contributed by atoms with Crippen molar-refractivity contribution in [1.82, 2.24) is 14.8 Å². The van der Waals surface area contributed by atoms with Crippen LogP contribution in [0.5, 0.6) is 11.6 Å². The first-order chi connectivity index (χ1) is 10.8. The Morgan fingerprint density at radius 1 is 1.32 bits per heavy atom. The monoisotopic (exact) mass is 359 g/mol. The van der Waals surface area contributed by atoms with Crippen molar-refractivity contribution in [2.45, 2.75) is 12.8 Å². The van der Waals surface area contributed by atoms with E-state index in [1.54, 1.807) is 13.3 Å². The predicted octanol–water partition coefficient (Wildman–Crippen LogP) is 3.52. The van der Waals surface area contributed by atoms with Crippen molar-refractivity contribution in [2.75, 3.05) is 13.7 Å². The van der Waals surface area contributed by atoms with Crippen molar-refractivity contribution >= 4 is 26.8 Å². The first-order valence-corrected chi connectivity index (χ1v) is 7.90. The van der Waals surface area contributed by atoms with Crippen molar-refractivity contribution in [2.24, 2.45) is 0 Å². The van der Waals surface area contributed by atoms with E-state index in [1.165, 1.54) is 5.69 Å². The number of aromatic nitrogens is 3. The molecule has 0 fully saturated rings. The Hall–Kier alpha value is -2.08. The highest BCUT2D eigenvalue weighted by atomic mass is 79.9. The van der Waals surface area contributed by atoms with Gasteiger partial charge in [-0.25, -0.2) is 9.67 Å². The molecule has 112 valence electrons. The number of hydrogen-bond acceptors (Lipinski definition) is 4. The van der Waals surface area contributed by atoms with Crippen molar-refractivity contribution in [3.63, 3.8) is 0 Å². The Bertz CT molecular complexity index is 843. The second-order valence-electron chi connectivity index (χ2n) is 5.17. The quantitative estimate of drug-likeness (QED) is 0.702. The van der Waals surface area contributed by atoms with Gasteiger partial charge in [-0.2, -0.15) is 5.10 Å². The largest absolute Gasteiger partial charge is 0.493 e. The number of ether oxygens (including phenoxy) is 2. The van der Waals surface area contributed by atoms with E-state index in [1.807, 2.05) is 28.9 Å². The summed E-state index contributed by atoms with van der Waals surface area (Å²) in [4.78, 5) is 4.28. The van der Waals surface area contributed by atoms with Crippen LogP contribution in [-0.4, -0.2) is 28.5 Å². The fraction of sp³-hybridized carbons (Fsp3) is 0.250. The number of halogens is 1. The molecule has 0 atom stereocenters. The molecule has 0 aliphatic carbocycles. The Kier molecular flexibility index (Phi) is 3.26. The second-order valence-corrected chi connectivity index (χ2v) is 6.08. The molecule has 0 saturated carbocycles. The van der Waals surface area contributed by atoms with E-state index >= 15 is 0 Å². The first-order valence-electron chi connectivity index (χ1n) is 7.10. The molecule has 0 radical (unpaired) electrons. The van der Waals surface area contributed by atoms with Crippen LogP contribution in [0.15, 0.2) is 34.9 Å². The lowest BCUT2D eigenvalue weighted by atomic mass is 10.1. The lowest BCUT2D eigenvalue weighted by Crippen LogP contribution is -2.04. The summed E-state index contributed by atoms with van der Waals surface area (Å²) in [6.07, 6.45) is 3.68. The molecule has 3 aromatic rings. The molecule has 3 heterocycles. The van der Waals surface area contributed by atoms with Crippen molar-refractivity contribution in [1.29, 1.82) is 0 Å². The summed E-state index contributed by atoms with van der Waals surface area (Å²) < 4.78 is 13.9. The smallest absolute Gasteiger partial charge is 0.213 e. The number of aryl methyl sites for hydroxylation is 1. The summed E-state index contributed by atoms with van der Waals surface area (Å²) in [5.74, 6) is 1.49. The number of pyridine rings is 1. The molecule has 0 N–H and O–H groups in total. The number of methoxy groups -OCH3 is 1. The van der Waals surface area contributed by atoms with Crippen LogP contribution in [0, 0.1) is 0 Å². The molecule has 4 rings (SSSR count). The standard InChI is InChI=1S/C16H14BrN3O2/c1-21-15-5-4-11(9-18-15)20-13-3-2-6-22-14-8-10(17)7-12(19-20)16(13)14/h4-5,7-9H,2-3,6H2,1H3. The number of hydrogen-bond donors (Lipinski definition) is 0. The zero-order valence-electron chi connectivity index (χ0n) is 12.0. The van der Waals surface area contributed by atoms with Gasteiger partial charge in [0.05, 0.1) is 42.2 Å². The van der Waals surface area contributed by atoms with E-state index in [0.29, 0.717) is 5.88 Å². The summed E-state index contributed by atoms with van der Waals surface area (Å²) in [6.45, 7) is 0.723. The van der Waals surface area contributed by atoms with Crippen LogP contribution < -0.4 is 9.47 Å². The van der Waals surface area contributed by atoms with Gasteiger partial charge < -0.3 is 9.47 Å². The minimum absolute atomic E-state index is 0.595. The molecule has 1 aliphatic heterocycles. The van der Waals surface area contributed by atoms with Crippen LogP contribution in [0.1, 0.15) is 12.1 Å². The number of benzene rings is 1. The minimum atomic E-state index is 0.595. The third-order valence-electron chi connectivity index (χ3n) is 3.79. The topological polar surface area (TPSA) is 49.2 Å². The zero-order chi connectivity index (χ0) is 15.1. The molecule has 1 aliphatic rings. The van der Waals surface area contributed by atoms with Crippen LogP contribution in [0.3, 0.4) is 0 Å². The third-order valence-corrected chi connectivity index (χ3v) is 4.25. The highest BCUT2D eigenvalue weighted by molar-refractivity contribution is 9.10. The van der Waals surface area contributed by atoms with Crippen LogP contribution in [-0.2, 0) is 6.42 Å². The highest BCUT2D eigenvalue weighted by Gasteiger charge is 2.20. The Morgan fingerprint density at radius 3 is 3.00 bits per heavy atom. The van der Waals surface area contributed by atoms with Gasteiger partial charge in [-0.05, 0) is 31.0 Å². The molecule has 6 heteroatoms. The Labute approximate surface area is 136 Å². The molecule has 0 saturated heterocycles. The lowest BCUT2D eigenvalue weighted by molar-refractivity contribution is 0.318. The number of nitrogens with zero attached hydrogens (tertiary/aromatic N) is 3. The molecule has 0 spiro atoms. The average Bonchev–Trinajstić information content (AvgIpc) is 2.75. The lowest BCUT2D eigenvalue weighted by Gasteiger charge is -2.06. The van der Waals surface area contributed by atoms with Gasteiger partial charge in [-0.1, -0.05) is 15.9 Å². The summed E-state index contributed by atoms with van der Waals surface area (Å²) in [7, 11) is 1.61. The maximum Gasteiger partial charge on any atom is 0.213 e. The van der Waals surface area contributed by atoms with Gasteiger partial charge in [0.2, 0.25) is 5.88 Å². The zero-order valence-corrected chi connectivity index (χ0v) is 13.6. The predicted molar refractivity (Wildman–Crippen MR) is 86.9 cm³/mol. The van der Waals surface area contributed by atoms with E-state index in [9.17, 15) is 0 Å². The number of rotatable bonds is 2. The SMILES string of the molecule is COc1ccc(-n2nc3cc(Br)cc4c3c2CCCO4)cn1. The molecule has 5 nitrogen and oxygen atoms in total. The van der Waals surface area contributed by atoms with Crippen LogP contribution in [0.4, 0.5) is 0 Å². The van der Waals surface area contributed by atoms with Gasteiger partial charge in [0, 0.05) is 10.5 Å². The van der Waals surface area contributed by atoms with Crippen LogP contribution in [0.2, 0.25) is 0 Å². The van der Waals surface area contributed by atoms with Gasteiger partial charge in [0.15, 0.2) is 0 Å². The van der Waals surface area contributed by atoms with Gasteiger partial charge in [-0.15, -0.1) is 0 Å². The normalized spacial score (nSPS) is 13.7. The Balaban J connectivity index is 1.95. The summed E-state index contributed by atoms with van der Waals surface area (Å²) in [5, 5.41) is 5.83. The third kappa shape index (κ3) is 2.14. The maximum atomic E-state index is 5.87. The average molecular weight is 360 g/mol. The van der Waals surface area contributed by atoms with Gasteiger partial charge in [0.25, 0.3) is 0 Å². The fourth-order valence-electron chi connectivity index (χ4n) is 2.81. The van der Waals surface area contributed by atoms with E-state index in [0.717, 1.165) is 46.3 Å². The molecule has 0 unspecified atom stereocenters. The van der Waals surface area contributed by atoms with Crippen molar-refractivity contribution < 1.29 is 9.47 Å². The fourth-order valence-corrected chi connectivity index (χ4v) is 3.23. The van der Waals surface area contributed by atoms with Crippen LogP contribution >= 0.6 is 15.9 Å². The molecule has 2 aromatic heterocycles. The molecular formula is C16H14BrN3O2. The second kappa shape index (κ2) is 5.28. The van der Waals surface area contributed by atoms with Gasteiger partial charge in [-0.3, -0.25) is 0 Å². The van der Waals surface area contributed by atoms with Crippen molar-refractivity contribution in [3.05, 3.63) is 40.6 Å². The van der Waals surface area contributed by atoms with E-state index in [2.05, 4.69) is 20.9 Å². The maximum absolute atomic E-state index is 5.87. The molecule has 0 bridgehead atoms. The first kappa shape index (κ1) is 13.6. The molecular weight excluding hydrogens is 346 g/mol. The molecule has 0 amide bonds. The molecule has 22 heavy (non-hydrogen) atoms. The molecule has 1 aromatic carbocycles. The highest BCUT2D eigenvalue weighted by Crippen LogP contribution is 2.36. The Morgan fingerprint density at radius 2 is 2.23 bits per heavy atom. The van der Waals surface area contributed by atoms with E-state index in [-0.39, 0.29) is 0 Å². The summed E-state index contributed by atoms with van der Waals surface area (Å²) in [6, 6.07) is 7.84. The van der Waals surface area contributed by atoms with Gasteiger partial charge in [0.1, 0.15) is 5.75 Å². The van der Waals surface area contributed by atoms with Crippen molar-refractivity contribution in [3.8, 4) is 17.3 Å². The van der Waals surface area contributed by atoms with Gasteiger partial charge >= 0.3 is 0 Å². The summed E-state index contributed by atoms with van der Waals surface area (Å²) >= 11 is 3.52. The summed E-state index contributed by atoms with van der Waals surface area (Å²) in [5.41, 5.74) is 3.02. The van der Waals surface area contributed by atoms with Crippen LogP contribution in [0.25, 0.3) is 16.6 Å². The van der Waals surface area contributed by atoms with E-state index in [4.69, 9.17) is 14.6 Å².